The summed E-state index contributed by atoms with van der Waals surface area (Å²) in [5.41, 5.74) is 7.66. The van der Waals surface area contributed by atoms with Gasteiger partial charge in [-0.2, -0.15) is 4.98 Å². The van der Waals surface area contributed by atoms with Gasteiger partial charge in [0, 0.05) is 25.7 Å². The summed E-state index contributed by atoms with van der Waals surface area (Å²) in [4.78, 5) is 35.6. The minimum atomic E-state index is -0.498. The summed E-state index contributed by atoms with van der Waals surface area (Å²) in [5.74, 6) is 0.672. The Morgan fingerprint density at radius 2 is 2.03 bits per heavy atom. The molecule has 3 aromatic rings. The Morgan fingerprint density at radius 3 is 2.72 bits per heavy atom. The van der Waals surface area contributed by atoms with Gasteiger partial charge in [0.1, 0.15) is 0 Å². The Balaban J connectivity index is 1.96. The molecule has 1 unspecified atom stereocenters. The molecular formula is C21H26N6O2. The van der Waals surface area contributed by atoms with Crippen LogP contribution < -0.4 is 21.9 Å². The molecule has 29 heavy (non-hydrogen) atoms. The van der Waals surface area contributed by atoms with E-state index in [1.165, 1.54) is 0 Å². The van der Waals surface area contributed by atoms with E-state index in [1.54, 1.807) is 24.3 Å². The predicted molar refractivity (Wildman–Crippen MR) is 115 cm³/mol. The summed E-state index contributed by atoms with van der Waals surface area (Å²) in [6.45, 7) is 6.02. The predicted octanol–water partition coefficient (Wildman–Crippen LogP) is 1.77. The van der Waals surface area contributed by atoms with Crippen LogP contribution in [0.5, 0.6) is 0 Å². The van der Waals surface area contributed by atoms with Gasteiger partial charge in [0.15, 0.2) is 11.2 Å². The van der Waals surface area contributed by atoms with Crippen LogP contribution in [0.2, 0.25) is 0 Å². The van der Waals surface area contributed by atoms with E-state index in [9.17, 15) is 9.59 Å². The number of hydrogen-bond donors (Lipinski definition) is 2. The van der Waals surface area contributed by atoms with Crippen molar-refractivity contribution in [1.82, 2.24) is 19.1 Å². The highest BCUT2D eigenvalue weighted by Gasteiger charge is 2.25. The number of nitrogens with one attached hydrogen (secondary N) is 1. The monoisotopic (exact) mass is 394 g/mol. The van der Waals surface area contributed by atoms with Crippen molar-refractivity contribution in [3.8, 4) is 5.69 Å². The molecule has 1 fully saturated rings. The summed E-state index contributed by atoms with van der Waals surface area (Å²) >= 11 is 0. The lowest BCUT2D eigenvalue weighted by atomic mass is 10.1. The van der Waals surface area contributed by atoms with E-state index in [0.717, 1.165) is 29.5 Å². The number of anilines is 1. The molecule has 3 N–H and O–H groups in total. The Labute approximate surface area is 168 Å². The van der Waals surface area contributed by atoms with Gasteiger partial charge in [-0.05, 0) is 38.8 Å². The lowest BCUT2D eigenvalue weighted by Crippen LogP contribution is -2.44. The lowest BCUT2D eigenvalue weighted by molar-refractivity contribution is 0.495. The third-order valence-electron chi connectivity index (χ3n) is 5.22. The second-order valence-electron chi connectivity index (χ2n) is 7.76. The first-order valence-electron chi connectivity index (χ1n) is 9.90. The maximum absolute atomic E-state index is 13.4. The van der Waals surface area contributed by atoms with Crippen LogP contribution in [0.3, 0.4) is 0 Å². The smallest absolute Gasteiger partial charge is 0.334 e. The van der Waals surface area contributed by atoms with Crippen LogP contribution in [-0.4, -0.2) is 38.2 Å². The molecule has 8 heteroatoms. The quantitative estimate of drug-likeness (QED) is 0.657. The van der Waals surface area contributed by atoms with E-state index in [1.807, 2.05) is 30.6 Å². The molecule has 0 amide bonds. The zero-order valence-electron chi connectivity index (χ0n) is 16.8. The number of H-pyrrole nitrogens is 1. The SMILES string of the molecule is CC(C)=CCn1c(N2CCCC(N)C2)nc2[nH]c(=O)n(-c3ccccc3)c(=O)c21. The third kappa shape index (κ3) is 3.63. The lowest BCUT2D eigenvalue weighted by Gasteiger charge is -2.31. The zero-order valence-corrected chi connectivity index (χ0v) is 16.8. The van der Waals surface area contributed by atoms with Crippen molar-refractivity contribution in [2.24, 2.45) is 5.73 Å². The number of aromatic nitrogens is 4. The van der Waals surface area contributed by atoms with Gasteiger partial charge >= 0.3 is 5.69 Å². The van der Waals surface area contributed by atoms with Crippen LogP contribution in [0.25, 0.3) is 16.9 Å². The number of para-hydroxylation sites is 1. The molecule has 4 rings (SSSR count). The average Bonchev–Trinajstić information content (AvgIpc) is 3.05. The van der Waals surface area contributed by atoms with Crippen molar-refractivity contribution in [1.29, 1.82) is 0 Å². The first-order valence-corrected chi connectivity index (χ1v) is 9.90. The highest BCUT2D eigenvalue weighted by molar-refractivity contribution is 5.74. The Bertz CT molecular complexity index is 1170. The van der Waals surface area contributed by atoms with Crippen LogP contribution >= 0.6 is 0 Å². The van der Waals surface area contributed by atoms with Crippen molar-refractivity contribution in [3.05, 3.63) is 62.8 Å². The zero-order chi connectivity index (χ0) is 20.5. The fourth-order valence-corrected chi connectivity index (χ4v) is 3.79. The van der Waals surface area contributed by atoms with Gasteiger partial charge in [0.05, 0.1) is 5.69 Å². The number of fused-ring (bicyclic) bond motifs is 1. The molecule has 0 bridgehead atoms. The standard InChI is InChI=1S/C21H26N6O2/c1-14(2)10-12-26-17-18(23-20(26)25-11-6-7-15(22)13-25)24-21(29)27(19(17)28)16-8-4-3-5-9-16/h3-5,8-10,15H,6-7,11-13,22H2,1-2H3,(H,24,29). The molecule has 1 aliphatic rings. The first-order chi connectivity index (χ1) is 14.0. The third-order valence-corrected chi connectivity index (χ3v) is 5.22. The summed E-state index contributed by atoms with van der Waals surface area (Å²) in [7, 11) is 0. The number of benzene rings is 1. The molecular weight excluding hydrogens is 368 g/mol. The second-order valence-corrected chi connectivity index (χ2v) is 7.76. The van der Waals surface area contributed by atoms with E-state index < -0.39 is 5.69 Å². The minimum absolute atomic E-state index is 0.0699. The van der Waals surface area contributed by atoms with E-state index in [-0.39, 0.29) is 11.6 Å². The van der Waals surface area contributed by atoms with Crippen molar-refractivity contribution in [2.45, 2.75) is 39.3 Å². The number of allylic oxidation sites excluding steroid dienone is 2. The number of hydrogen-bond acceptors (Lipinski definition) is 5. The Hall–Kier alpha value is -3.13. The second kappa shape index (κ2) is 7.71. The number of aromatic amines is 1. The van der Waals surface area contributed by atoms with Crippen LogP contribution in [0, 0.1) is 0 Å². The van der Waals surface area contributed by atoms with E-state index >= 15 is 0 Å². The topological polar surface area (TPSA) is 102 Å². The molecule has 152 valence electrons. The molecule has 1 aliphatic heterocycles. The van der Waals surface area contributed by atoms with Crippen molar-refractivity contribution in [3.63, 3.8) is 0 Å². The molecule has 1 saturated heterocycles. The highest BCUT2D eigenvalue weighted by atomic mass is 16.2. The molecule has 3 heterocycles. The maximum atomic E-state index is 13.4. The number of piperidine rings is 1. The molecule has 1 aromatic carbocycles. The highest BCUT2D eigenvalue weighted by Crippen LogP contribution is 2.22. The number of rotatable bonds is 4. The van der Waals surface area contributed by atoms with E-state index in [4.69, 9.17) is 5.73 Å². The normalized spacial score (nSPS) is 16.9. The maximum Gasteiger partial charge on any atom is 0.334 e. The summed E-state index contributed by atoms with van der Waals surface area (Å²) in [6.07, 6.45) is 3.99. The van der Waals surface area contributed by atoms with Gasteiger partial charge in [-0.1, -0.05) is 29.8 Å². The molecule has 0 spiro atoms. The van der Waals surface area contributed by atoms with Crippen LogP contribution in [0.15, 0.2) is 51.6 Å². The van der Waals surface area contributed by atoms with Crippen molar-refractivity contribution in [2.75, 3.05) is 18.0 Å². The number of imidazole rings is 1. The van der Waals surface area contributed by atoms with Crippen LogP contribution in [0.4, 0.5) is 5.95 Å². The Morgan fingerprint density at radius 1 is 1.28 bits per heavy atom. The van der Waals surface area contributed by atoms with Gasteiger partial charge in [-0.25, -0.2) is 9.36 Å². The number of nitrogens with zero attached hydrogens (tertiary/aromatic N) is 4. The van der Waals surface area contributed by atoms with Gasteiger partial charge in [-0.3, -0.25) is 9.78 Å². The number of nitrogens with two attached hydrogens (primary N) is 1. The van der Waals surface area contributed by atoms with Gasteiger partial charge in [0.25, 0.3) is 5.56 Å². The summed E-state index contributed by atoms with van der Waals surface area (Å²) in [5, 5.41) is 0. The fraction of sp³-hybridized carbons (Fsp3) is 0.381. The van der Waals surface area contributed by atoms with E-state index in [0.29, 0.717) is 35.9 Å². The summed E-state index contributed by atoms with van der Waals surface area (Å²) in [6, 6.07) is 8.99. The molecule has 0 saturated carbocycles. The molecule has 8 nitrogen and oxygen atoms in total. The first kappa shape index (κ1) is 19.2. The molecule has 2 aromatic heterocycles. The van der Waals surface area contributed by atoms with Gasteiger partial charge in [0.2, 0.25) is 5.95 Å². The molecule has 0 radical (unpaired) electrons. The van der Waals surface area contributed by atoms with Crippen LogP contribution in [-0.2, 0) is 6.54 Å². The molecule has 1 atom stereocenters. The Kier molecular flexibility index (Phi) is 5.10. The van der Waals surface area contributed by atoms with Gasteiger partial charge < -0.3 is 15.2 Å². The van der Waals surface area contributed by atoms with Crippen molar-refractivity contribution >= 4 is 17.1 Å². The fourth-order valence-electron chi connectivity index (χ4n) is 3.79. The minimum Gasteiger partial charge on any atom is -0.341 e. The van der Waals surface area contributed by atoms with E-state index in [2.05, 4.69) is 14.9 Å². The van der Waals surface area contributed by atoms with Crippen molar-refractivity contribution < 1.29 is 0 Å². The van der Waals surface area contributed by atoms with Gasteiger partial charge in [-0.15, -0.1) is 0 Å². The molecule has 0 aliphatic carbocycles. The average molecular weight is 394 g/mol. The summed E-state index contributed by atoms with van der Waals surface area (Å²) < 4.78 is 3.05. The largest absolute Gasteiger partial charge is 0.341 e. The van der Waals surface area contributed by atoms with Crippen LogP contribution in [0.1, 0.15) is 26.7 Å².